The highest BCUT2D eigenvalue weighted by Gasteiger charge is 2.29. The lowest BCUT2D eigenvalue weighted by Gasteiger charge is -2.28. The van der Waals surface area contributed by atoms with Gasteiger partial charge in [0.15, 0.2) is 0 Å². The van der Waals surface area contributed by atoms with Crippen LogP contribution in [0.3, 0.4) is 0 Å². The van der Waals surface area contributed by atoms with E-state index < -0.39 is 11.5 Å². The van der Waals surface area contributed by atoms with Crippen LogP contribution in [0.5, 0.6) is 0 Å². The summed E-state index contributed by atoms with van der Waals surface area (Å²) in [6, 6.07) is 0. The zero-order valence-corrected chi connectivity index (χ0v) is 13.0. The summed E-state index contributed by atoms with van der Waals surface area (Å²) in [7, 11) is 1.49. The molecule has 0 aliphatic rings. The smallest absolute Gasteiger partial charge is 0.305 e. The highest BCUT2D eigenvalue weighted by atomic mass is 32.2. The number of amides is 1. The van der Waals surface area contributed by atoms with Crippen molar-refractivity contribution in [2.24, 2.45) is 5.92 Å². The van der Waals surface area contributed by atoms with Crippen LogP contribution in [0, 0.1) is 5.92 Å². The molecule has 1 atom stereocenters. The first-order valence-corrected chi connectivity index (χ1v) is 7.54. The minimum atomic E-state index is -0.952. The highest BCUT2D eigenvalue weighted by molar-refractivity contribution is 7.99. The molecule has 0 rings (SSSR count). The molecule has 0 aromatic heterocycles. The summed E-state index contributed by atoms with van der Waals surface area (Å²) in [6.45, 7) is 6.15. The summed E-state index contributed by atoms with van der Waals surface area (Å²) in [5.41, 5.74) is -0.851. The molecule has 0 radical (unpaired) electrons. The Kier molecular flexibility index (Phi) is 8.84. The van der Waals surface area contributed by atoms with Gasteiger partial charge < -0.3 is 15.2 Å². The molecule has 19 heavy (non-hydrogen) atoms. The number of methoxy groups -OCH3 is 1. The first-order valence-electron chi connectivity index (χ1n) is 6.38. The largest absolute Gasteiger partial charge is 0.481 e. The number of hydrogen-bond donors (Lipinski definition) is 2. The Hall–Kier alpha value is -0.750. The lowest BCUT2D eigenvalue weighted by Crippen LogP contribution is -2.51. The van der Waals surface area contributed by atoms with Gasteiger partial charge in [0.2, 0.25) is 5.91 Å². The van der Waals surface area contributed by atoms with Crippen molar-refractivity contribution in [3.63, 3.8) is 0 Å². The zero-order valence-electron chi connectivity index (χ0n) is 12.2. The third-order valence-corrected chi connectivity index (χ3v) is 3.51. The van der Waals surface area contributed by atoms with Crippen molar-refractivity contribution >= 4 is 23.6 Å². The number of carbonyl (C=O) groups is 2. The van der Waals surface area contributed by atoms with Crippen LogP contribution in [0.25, 0.3) is 0 Å². The Morgan fingerprint density at radius 3 is 2.53 bits per heavy atom. The topological polar surface area (TPSA) is 75.6 Å². The second-order valence-corrected chi connectivity index (χ2v) is 6.45. The van der Waals surface area contributed by atoms with Crippen LogP contribution in [0.2, 0.25) is 0 Å². The Bertz CT molecular complexity index is 296. The minimum Gasteiger partial charge on any atom is -0.481 e. The average Bonchev–Trinajstić information content (AvgIpc) is 2.22. The third-order valence-electron chi connectivity index (χ3n) is 2.52. The second-order valence-electron chi connectivity index (χ2n) is 5.35. The van der Waals surface area contributed by atoms with Gasteiger partial charge in [-0.25, -0.2) is 0 Å². The number of hydrogen-bond acceptors (Lipinski definition) is 4. The summed E-state index contributed by atoms with van der Waals surface area (Å²) in [6.07, 6.45) is 0.922. The van der Waals surface area contributed by atoms with E-state index in [1.165, 1.54) is 7.11 Å². The Morgan fingerprint density at radius 2 is 2.05 bits per heavy atom. The highest BCUT2D eigenvalue weighted by Crippen LogP contribution is 2.12. The number of nitrogens with one attached hydrogen (secondary N) is 1. The van der Waals surface area contributed by atoms with Gasteiger partial charge in [-0.2, -0.15) is 11.8 Å². The third kappa shape index (κ3) is 9.78. The van der Waals surface area contributed by atoms with Gasteiger partial charge in [0, 0.05) is 7.11 Å². The van der Waals surface area contributed by atoms with Gasteiger partial charge in [-0.05, 0) is 25.0 Å². The summed E-state index contributed by atoms with van der Waals surface area (Å²) in [5, 5.41) is 11.6. The molecule has 1 unspecified atom stereocenters. The van der Waals surface area contributed by atoms with Crippen LogP contribution >= 0.6 is 11.8 Å². The molecule has 5 nitrogen and oxygen atoms in total. The predicted octanol–water partition coefficient (Wildman–Crippen LogP) is 1.76. The number of aliphatic carboxylic acids is 1. The van der Waals surface area contributed by atoms with E-state index in [1.807, 2.05) is 0 Å². The van der Waals surface area contributed by atoms with Crippen LogP contribution in [-0.2, 0) is 14.3 Å². The maximum Gasteiger partial charge on any atom is 0.305 e. The molecule has 0 aliphatic heterocycles. The van der Waals surface area contributed by atoms with Gasteiger partial charge in [0.05, 0.1) is 24.3 Å². The van der Waals surface area contributed by atoms with Gasteiger partial charge in [0.25, 0.3) is 0 Å². The molecular weight excluding hydrogens is 266 g/mol. The molecule has 0 spiro atoms. The van der Waals surface area contributed by atoms with Crippen LogP contribution in [0.4, 0.5) is 0 Å². The molecular formula is C13H25NO4S. The van der Waals surface area contributed by atoms with E-state index in [1.54, 1.807) is 18.7 Å². The van der Waals surface area contributed by atoms with E-state index in [9.17, 15) is 9.59 Å². The molecule has 0 bridgehead atoms. The summed E-state index contributed by atoms with van der Waals surface area (Å²) >= 11 is 1.57. The maximum atomic E-state index is 11.8. The first-order chi connectivity index (χ1) is 8.79. The number of rotatable bonds is 10. The molecule has 112 valence electrons. The zero-order chi connectivity index (χ0) is 14.9. The van der Waals surface area contributed by atoms with E-state index in [4.69, 9.17) is 9.84 Å². The number of carboxylic acids is 1. The normalized spacial score (nSPS) is 14.2. The van der Waals surface area contributed by atoms with Crippen LogP contribution in [-0.4, -0.2) is 47.7 Å². The lowest BCUT2D eigenvalue weighted by molar-refractivity contribution is -0.139. The molecule has 0 aliphatic carbocycles. The monoisotopic (exact) mass is 291 g/mol. The van der Waals surface area contributed by atoms with Gasteiger partial charge >= 0.3 is 5.97 Å². The van der Waals surface area contributed by atoms with E-state index in [0.29, 0.717) is 11.7 Å². The van der Waals surface area contributed by atoms with Gasteiger partial charge in [0.1, 0.15) is 0 Å². The van der Waals surface area contributed by atoms with Crippen molar-refractivity contribution in [1.82, 2.24) is 5.32 Å². The fourth-order valence-corrected chi connectivity index (χ4v) is 2.68. The number of thioether (sulfide) groups is 1. The molecule has 0 fully saturated rings. The van der Waals surface area contributed by atoms with Crippen molar-refractivity contribution < 1.29 is 19.4 Å². The average molecular weight is 291 g/mol. The van der Waals surface area contributed by atoms with E-state index in [0.717, 1.165) is 12.2 Å². The lowest BCUT2D eigenvalue weighted by atomic mass is 9.99. The molecule has 0 aromatic rings. The fourth-order valence-electron chi connectivity index (χ4n) is 1.64. The maximum absolute atomic E-state index is 11.8. The first kappa shape index (κ1) is 18.2. The minimum absolute atomic E-state index is 0.144. The molecule has 2 N–H and O–H groups in total. The number of carboxylic acid groups (broad SMARTS) is 1. The Morgan fingerprint density at radius 1 is 1.42 bits per heavy atom. The standard InChI is InChI=1S/C13H25NO4S/c1-10(2)5-6-19-8-11(15)14-13(3,9-18-4)7-12(16)17/h10H,5-9H2,1-4H3,(H,14,15)(H,16,17). The van der Waals surface area contributed by atoms with Gasteiger partial charge in [-0.15, -0.1) is 0 Å². The molecule has 1 amide bonds. The predicted molar refractivity (Wildman–Crippen MR) is 77.5 cm³/mol. The van der Waals surface area contributed by atoms with Crippen molar-refractivity contribution in [3.8, 4) is 0 Å². The summed E-state index contributed by atoms with van der Waals surface area (Å²) < 4.78 is 4.98. The number of ether oxygens (including phenoxy) is 1. The SMILES string of the molecule is COCC(C)(CC(=O)O)NC(=O)CSCCC(C)C. The van der Waals surface area contributed by atoms with Crippen LogP contribution < -0.4 is 5.32 Å². The fraction of sp³-hybridized carbons (Fsp3) is 0.846. The Labute approximate surface area is 119 Å². The number of carbonyl (C=O) groups excluding carboxylic acids is 1. The molecule has 0 heterocycles. The van der Waals surface area contributed by atoms with Crippen LogP contribution in [0.15, 0.2) is 0 Å². The van der Waals surface area contributed by atoms with Gasteiger partial charge in [-0.3, -0.25) is 9.59 Å². The molecule has 0 aromatic carbocycles. The quantitative estimate of drug-likeness (QED) is 0.600. The van der Waals surface area contributed by atoms with Crippen molar-refractivity contribution in [2.45, 2.75) is 39.2 Å². The molecule has 0 saturated heterocycles. The van der Waals surface area contributed by atoms with Crippen molar-refractivity contribution in [1.29, 1.82) is 0 Å². The summed E-state index contributed by atoms with van der Waals surface area (Å²) in [5.74, 6) is 0.819. The second kappa shape index (κ2) is 9.20. The van der Waals surface area contributed by atoms with Crippen LogP contribution in [0.1, 0.15) is 33.6 Å². The van der Waals surface area contributed by atoms with E-state index in [2.05, 4.69) is 19.2 Å². The van der Waals surface area contributed by atoms with E-state index in [-0.39, 0.29) is 18.9 Å². The molecule has 6 heteroatoms. The summed E-state index contributed by atoms with van der Waals surface area (Å²) in [4.78, 5) is 22.6. The Balaban J connectivity index is 4.13. The van der Waals surface area contributed by atoms with Crippen molar-refractivity contribution in [2.75, 3.05) is 25.2 Å². The molecule has 0 saturated carbocycles. The van der Waals surface area contributed by atoms with Gasteiger partial charge in [-0.1, -0.05) is 13.8 Å². The van der Waals surface area contributed by atoms with E-state index >= 15 is 0 Å². The van der Waals surface area contributed by atoms with Crippen molar-refractivity contribution in [3.05, 3.63) is 0 Å².